The van der Waals surface area contributed by atoms with Crippen LogP contribution in [-0.2, 0) is 9.47 Å². The molecule has 2 heterocycles. The van der Waals surface area contributed by atoms with Crippen molar-refractivity contribution in [1.82, 2.24) is 0 Å². The maximum absolute atomic E-state index is 6.05. The summed E-state index contributed by atoms with van der Waals surface area (Å²) in [6, 6.07) is 4.16. The van der Waals surface area contributed by atoms with Crippen LogP contribution in [0.3, 0.4) is 0 Å². The van der Waals surface area contributed by atoms with Crippen LogP contribution in [0.2, 0.25) is 0 Å². The average molecular weight is 496 g/mol. The molecule has 0 unspecified atom stereocenters. The van der Waals surface area contributed by atoms with E-state index in [0.29, 0.717) is 26.4 Å². The predicted molar refractivity (Wildman–Crippen MR) is 107 cm³/mol. The second kappa shape index (κ2) is 8.33. The summed E-state index contributed by atoms with van der Waals surface area (Å²) in [6.07, 6.45) is 0. The van der Waals surface area contributed by atoms with E-state index in [1.807, 2.05) is 0 Å². The van der Waals surface area contributed by atoms with Crippen molar-refractivity contribution in [1.29, 1.82) is 0 Å². The van der Waals surface area contributed by atoms with Gasteiger partial charge in [0.15, 0.2) is 0 Å². The molecule has 4 nitrogen and oxygen atoms in total. The molecule has 3 aromatic rings. The highest BCUT2D eigenvalue weighted by Crippen LogP contribution is 2.51. The zero-order valence-corrected chi connectivity index (χ0v) is 18.0. The Labute approximate surface area is 164 Å². The lowest BCUT2D eigenvalue weighted by molar-refractivity contribution is 0.147. The van der Waals surface area contributed by atoms with Gasteiger partial charge in [0, 0.05) is 25.0 Å². The minimum atomic E-state index is 0.508. The third-order valence-electron chi connectivity index (χ3n) is 3.37. The van der Waals surface area contributed by atoms with Crippen LogP contribution in [0, 0.1) is 0 Å². The van der Waals surface area contributed by atoms with Crippen LogP contribution in [0.5, 0.6) is 11.5 Å². The van der Waals surface area contributed by atoms with Crippen molar-refractivity contribution in [2.75, 3.05) is 40.6 Å². The number of halogens is 2. The van der Waals surface area contributed by atoms with Crippen molar-refractivity contribution < 1.29 is 18.9 Å². The van der Waals surface area contributed by atoms with Crippen LogP contribution < -0.4 is 9.47 Å². The maximum atomic E-state index is 6.05. The van der Waals surface area contributed by atoms with Crippen LogP contribution in [0.25, 0.3) is 20.2 Å². The monoisotopic (exact) mass is 494 g/mol. The Hall–Kier alpha value is -0.380. The molecule has 0 radical (unpaired) electrons. The highest BCUT2D eigenvalue weighted by molar-refractivity contribution is 9.11. The number of hydrogen-bond acceptors (Lipinski definition) is 6. The van der Waals surface area contributed by atoms with Crippen molar-refractivity contribution >= 4 is 74.7 Å². The molecule has 130 valence electrons. The van der Waals surface area contributed by atoms with Gasteiger partial charge >= 0.3 is 0 Å². The molecule has 0 fully saturated rings. The van der Waals surface area contributed by atoms with E-state index >= 15 is 0 Å². The molecule has 24 heavy (non-hydrogen) atoms. The number of methoxy groups -OCH3 is 2. The zero-order chi connectivity index (χ0) is 17.1. The summed E-state index contributed by atoms with van der Waals surface area (Å²) in [7, 11) is 3.34. The summed E-state index contributed by atoms with van der Waals surface area (Å²) >= 11 is 10.5. The van der Waals surface area contributed by atoms with E-state index in [1.54, 1.807) is 36.9 Å². The fraction of sp³-hybridized carbons (Fsp3) is 0.375. The molecule has 0 saturated heterocycles. The summed E-state index contributed by atoms with van der Waals surface area (Å²) in [5.74, 6) is 1.77. The standard InChI is InChI=1S/C16H16Br2O4S2/c1-19-3-5-21-13-9-7-11(17)24-16(9)14(22-6-4-20-2)10-8-12(18)23-15(10)13/h7-8H,3-6H2,1-2H3. The molecule has 0 spiro atoms. The molecular formula is C16H16Br2O4S2. The summed E-state index contributed by atoms with van der Waals surface area (Å²) in [5.41, 5.74) is 0. The molecule has 1 aromatic carbocycles. The minimum Gasteiger partial charge on any atom is -0.489 e. The summed E-state index contributed by atoms with van der Waals surface area (Å²) < 4.78 is 26.6. The third-order valence-corrected chi connectivity index (χ3v) is 6.65. The second-order valence-electron chi connectivity index (χ2n) is 4.93. The maximum Gasteiger partial charge on any atom is 0.146 e. The first kappa shape index (κ1) is 18.4. The van der Waals surface area contributed by atoms with E-state index in [0.717, 1.165) is 39.2 Å². The van der Waals surface area contributed by atoms with Gasteiger partial charge in [-0.25, -0.2) is 0 Å². The van der Waals surface area contributed by atoms with E-state index in [1.165, 1.54) is 0 Å². The first-order chi connectivity index (χ1) is 11.7. The lowest BCUT2D eigenvalue weighted by Gasteiger charge is -2.13. The van der Waals surface area contributed by atoms with Gasteiger partial charge in [0.1, 0.15) is 24.7 Å². The Morgan fingerprint density at radius 2 is 1.17 bits per heavy atom. The number of hydrogen-bond donors (Lipinski definition) is 0. The number of ether oxygens (including phenoxy) is 4. The van der Waals surface area contributed by atoms with Gasteiger partial charge < -0.3 is 18.9 Å². The summed E-state index contributed by atoms with van der Waals surface area (Å²) in [6.45, 7) is 2.11. The minimum absolute atomic E-state index is 0.508. The molecule has 0 aliphatic carbocycles. The van der Waals surface area contributed by atoms with E-state index in [9.17, 15) is 0 Å². The highest BCUT2D eigenvalue weighted by Gasteiger charge is 2.21. The quantitative estimate of drug-likeness (QED) is 0.376. The van der Waals surface area contributed by atoms with Gasteiger partial charge in [-0.05, 0) is 44.0 Å². The molecule has 3 rings (SSSR count). The van der Waals surface area contributed by atoms with Crippen molar-refractivity contribution in [3.8, 4) is 11.5 Å². The Balaban J connectivity index is 2.16. The Morgan fingerprint density at radius 3 is 1.54 bits per heavy atom. The average Bonchev–Trinajstić information content (AvgIpc) is 3.11. The topological polar surface area (TPSA) is 36.9 Å². The van der Waals surface area contributed by atoms with E-state index in [4.69, 9.17) is 18.9 Å². The van der Waals surface area contributed by atoms with Gasteiger partial charge in [0.05, 0.1) is 30.2 Å². The molecular weight excluding hydrogens is 480 g/mol. The number of benzene rings is 1. The van der Waals surface area contributed by atoms with Gasteiger partial charge in [-0.3, -0.25) is 0 Å². The molecule has 0 aliphatic heterocycles. The van der Waals surface area contributed by atoms with Crippen LogP contribution in [0.4, 0.5) is 0 Å². The highest BCUT2D eigenvalue weighted by atomic mass is 79.9. The molecule has 2 aromatic heterocycles. The van der Waals surface area contributed by atoms with Crippen LogP contribution >= 0.6 is 54.5 Å². The molecule has 0 N–H and O–H groups in total. The molecule has 0 amide bonds. The zero-order valence-electron chi connectivity index (χ0n) is 13.2. The molecule has 0 saturated carbocycles. The van der Waals surface area contributed by atoms with E-state index < -0.39 is 0 Å². The third kappa shape index (κ3) is 3.73. The van der Waals surface area contributed by atoms with Crippen molar-refractivity contribution in [2.45, 2.75) is 0 Å². The van der Waals surface area contributed by atoms with Crippen molar-refractivity contribution in [2.24, 2.45) is 0 Å². The lowest BCUT2D eigenvalue weighted by Crippen LogP contribution is -2.06. The van der Waals surface area contributed by atoms with E-state index in [2.05, 4.69) is 44.0 Å². The fourth-order valence-corrected chi connectivity index (χ4v) is 5.60. The fourth-order valence-electron chi connectivity index (χ4n) is 2.38. The smallest absolute Gasteiger partial charge is 0.146 e. The normalized spacial score (nSPS) is 11.5. The summed E-state index contributed by atoms with van der Waals surface area (Å²) in [5, 5.41) is 2.11. The van der Waals surface area contributed by atoms with Gasteiger partial charge in [0.2, 0.25) is 0 Å². The largest absolute Gasteiger partial charge is 0.489 e. The SMILES string of the molecule is COCCOc1c2cc(Br)sc2c(OCCOC)c2cc(Br)sc12. The van der Waals surface area contributed by atoms with Gasteiger partial charge in [-0.15, -0.1) is 22.7 Å². The van der Waals surface area contributed by atoms with Crippen LogP contribution in [-0.4, -0.2) is 40.6 Å². The van der Waals surface area contributed by atoms with Crippen molar-refractivity contribution in [3.63, 3.8) is 0 Å². The molecule has 8 heteroatoms. The predicted octanol–water partition coefficient (Wildman–Crippen LogP) is 5.69. The molecule has 0 aliphatic rings. The second-order valence-corrected chi connectivity index (χ2v) is 9.79. The Kier molecular flexibility index (Phi) is 6.39. The Morgan fingerprint density at radius 1 is 0.750 bits per heavy atom. The lowest BCUT2D eigenvalue weighted by atomic mass is 10.1. The van der Waals surface area contributed by atoms with Gasteiger partial charge in [0.25, 0.3) is 0 Å². The number of fused-ring (bicyclic) bond motifs is 2. The van der Waals surface area contributed by atoms with Crippen LogP contribution in [0.1, 0.15) is 0 Å². The number of rotatable bonds is 8. The van der Waals surface area contributed by atoms with Gasteiger partial charge in [-0.1, -0.05) is 0 Å². The summed E-state index contributed by atoms with van der Waals surface area (Å²) in [4.78, 5) is 0. The van der Waals surface area contributed by atoms with Gasteiger partial charge in [-0.2, -0.15) is 0 Å². The van der Waals surface area contributed by atoms with E-state index in [-0.39, 0.29) is 0 Å². The number of thiophene rings is 2. The Bertz CT molecular complexity index is 721. The van der Waals surface area contributed by atoms with Crippen molar-refractivity contribution in [3.05, 3.63) is 19.7 Å². The molecule has 0 bridgehead atoms. The molecule has 0 atom stereocenters. The first-order valence-corrected chi connectivity index (χ1v) is 10.4. The first-order valence-electron chi connectivity index (χ1n) is 7.23. The van der Waals surface area contributed by atoms with Crippen LogP contribution in [0.15, 0.2) is 19.7 Å².